The van der Waals surface area contributed by atoms with Crippen LogP contribution < -0.4 is 4.74 Å². The summed E-state index contributed by atoms with van der Waals surface area (Å²) in [4.78, 5) is 23.6. The second-order valence-corrected chi connectivity index (χ2v) is 9.92. The Kier molecular flexibility index (Phi) is 5.93. The zero-order chi connectivity index (χ0) is 25.6. The molecule has 2 aromatic carbocycles. The molecular weight excluding hydrogens is 452 g/mol. The second-order valence-electron chi connectivity index (χ2n) is 9.92. The van der Waals surface area contributed by atoms with Crippen molar-refractivity contribution < 1.29 is 14.6 Å². The summed E-state index contributed by atoms with van der Waals surface area (Å²) in [6, 6.07) is 12.9. The number of H-pyrrole nitrogens is 1. The van der Waals surface area contributed by atoms with Crippen LogP contribution in [0.25, 0.3) is 10.9 Å². The van der Waals surface area contributed by atoms with Crippen LogP contribution in [0.15, 0.2) is 54.9 Å². The van der Waals surface area contributed by atoms with E-state index in [1.54, 1.807) is 19.2 Å². The van der Waals surface area contributed by atoms with Gasteiger partial charge in [0.1, 0.15) is 22.9 Å². The maximum Gasteiger partial charge on any atom is 0.254 e. The largest absolute Gasteiger partial charge is 0.508 e. The van der Waals surface area contributed by atoms with Gasteiger partial charge in [0, 0.05) is 36.1 Å². The number of aromatic hydroxyl groups is 1. The predicted octanol–water partition coefficient (Wildman–Crippen LogP) is 3.86. The van der Waals surface area contributed by atoms with Crippen LogP contribution in [0.1, 0.15) is 36.2 Å². The van der Waals surface area contributed by atoms with Crippen LogP contribution in [-0.4, -0.2) is 70.0 Å². The summed E-state index contributed by atoms with van der Waals surface area (Å²) >= 11 is 0. The molecule has 7 nitrogen and oxygen atoms in total. The summed E-state index contributed by atoms with van der Waals surface area (Å²) in [6.07, 6.45) is 6.75. The molecule has 2 N–H and O–H groups in total. The first-order valence-electron chi connectivity index (χ1n) is 12.2. The predicted molar refractivity (Wildman–Crippen MR) is 141 cm³/mol. The molecule has 2 aliphatic heterocycles. The van der Waals surface area contributed by atoms with E-state index >= 15 is 0 Å². The first-order chi connectivity index (χ1) is 17.3. The van der Waals surface area contributed by atoms with Crippen molar-refractivity contribution in [2.75, 3.05) is 33.8 Å². The number of hydrogen-bond donors (Lipinski definition) is 2. The molecule has 186 valence electrons. The number of aromatic amines is 1. The van der Waals surface area contributed by atoms with Crippen LogP contribution >= 0.6 is 0 Å². The van der Waals surface area contributed by atoms with E-state index in [4.69, 9.17) is 11.2 Å². The fourth-order valence-corrected chi connectivity index (χ4v) is 5.77. The molecule has 0 unspecified atom stereocenters. The number of fused-ring (bicyclic) bond motifs is 4. The van der Waals surface area contributed by atoms with Crippen molar-refractivity contribution in [3.8, 4) is 23.8 Å². The van der Waals surface area contributed by atoms with Gasteiger partial charge in [-0.05, 0) is 61.9 Å². The van der Waals surface area contributed by atoms with Crippen molar-refractivity contribution in [2.24, 2.45) is 0 Å². The number of carbonyl (C=O) groups excluding carboxylic acids is 1. The standard InChI is InChI=1S/C29H32N4O3/c1-6-13-31(4)14-8-15-32-19(2)33-27(20-9-7-10-21(34)16-20)26-24(18-29(33,3)28(32)35)23-17-22(36-5)11-12-25(23)30-26/h1,7,9-12,16-17,27,30,34H,2,8,13-15,18H2,3-5H3/t27-,29+/m1/s1. The highest BCUT2D eigenvalue weighted by Gasteiger charge is 2.57. The lowest BCUT2D eigenvalue weighted by molar-refractivity contribution is -0.133. The molecule has 1 saturated heterocycles. The van der Waals surface area contributed by atoms with Crippen molar-refractivity contribution in [2.45, 2.75) is 31.3 Å². The zero-order valence-electron chi connectivity index (χ0n) is 21.0. The van der Waals surface area contributed by atoms with Gasteiger partial charge in [-0.2, -0.15) is 0 Å². The maximum atomic E-state index is 14.0. The van der Waals surface area contributed by atoms with Gasteiger partial charge in [0.25, 0.3) is 5.91 Å². The smallest absolute Gasteiger partial charge is 0.254 e. The van der Waals surface area contributed by atoms with Crippen molar-refractivity contribution in [1.82, 2.24) is 19.7 Å². The van der Waals surface area contributed by atoms with Crippen molar-refractivity contribution in [3.63, 3.8) is 0 Å². The third-order valence-corrected chi connectivity index (χ3v) is 7.49. The first-order valence-corrected chi connectivity index (χ1v) is 12.2. The summed E-state index contributed by atoms with van der Waals surface area (Å²) < 4.78 is 5.49. The summed E-state index contributed by atoms with van der Waals surface area (Å²) in [6.45, 7) is 8.32. The number of benzene rings is 2. The van der Waals surface area contributed by atoms with E-state index in [-0.39, 0.29) is 17.7 Å². The average Bonchev–Trinajstić information content (AvgIpc) is 3.30. The Balaban J connectivity index is 1.59. The number of rotatable bonds is 7. The molecule has 2 aliphatic rings. The van der Waals surface area contributed by atoms with Crippen molar-refractivity contribution >= 4 is 16.8 Å². The minimum Gasteiger partial charge on any atom is -0.508 e. The molecule has 5 rings (SSSR count). The minimum atomic E-state index is -0.816. The average molecular weight is 485 g/mol. The molecule has 0 bridgehead atoms. The van der Waals surface area contributed by atoms with Gasteiger partial charge in [-0.25, -0.2) is 0 Å². The van der Waals surface area contributed by atoms with E-state index in [2.05, 4.69) is 27.3 Å². The van der Waals surface area contributed by atoms with Crippen LogP contribution in [0.5, 0.6) is 11.5 Å². The normalized spacial score (nSPS) is 21.1. The summed E-state index contributed by atoms with van der Waals surface area (Å²) in [7, 11) is 3.64. The molecule has 1 amide bonds. The van der Waals surface area contributed by atoms with Gasteiger partial charge < -0.3 is 19.7 Å². The van der Waals surface area contributed by atoms with E-state index in [9.17, 15) is 9.90 Å². The van der Waals surface area contributed by atoms with Gasteiger partial charge in [0.05, 0.1) is 19.7 Å². The number of amides is 1. The minimum absolute atomic E-state index is 0.0418. The van der Waals surface area contributed by atoms with Crippen LogP contribution in [0.4, 0.5) is 0 Å². The number of hydrogen-bond acceptors (Lipinski definition) is 5. The summed E-state index contributed by atoms with van der Waals surface area (Å²) in [5.74, 6) is 4.33. The quantitative estimate of drug-likeness (QED) is 0.499. The van der Waals surface area contributed by atoms with Crippen LogP contribution in [0.2, 0.25) is 0 Å². The third-order valence-electron chi connectivity index (χ3n) is 7.49. The Morgan fingerprint density at radius 1 is 1.33 bits per heavy atom. The first kappa shape index (κ1) is 23.8. The number of methoxy groups -OCH3 is 1. The number of nitrogens with one attached hydrogen (secondary N) is 1. The molecule has 3 heterocycles. The number of carbonyl (C=O) groups is 1. The molecule has 0 saturated carbocycles. The van der Waals surface area contributed by atoms with Crippen LogP contribution in [0, 0.1) is 12.3 Å². The van der Waals surface area contributed by atoms with Crippen molar-refractivity contribution in [3.05, 3.63) is 71.7 Å². The monoisotopic (exact) mass is 484 g/mol. The van der Waals surface area contributed by atoms with Gasteiger partial charge in [0.15, 0.2) is 0 Å². The lowest BCUT2D eigenvalue weighted by Gasteiger charge is -2.44. The number of ether oxygens (including phenoxy) is 1. The Morgan fingerprint density at radius 2 is 2.14 bits per heavy atom. The van der Waals surface area contributed by atoms with Crippen LogP contribution in [-0.2, 0) is 11.2 Å². The SMILES string of the molecule is C#CCN(C)CCCN1C(=C)N2[C@H](c3cccc(O)c3)c3[nH]c4ccc(OC)cc4c3C[C@@]2(C)C1=O. The van der Waals surface area contributed by atoms with Gasteiger partial charge in [0.2, 0.25) is 0 Å². The fourth-order valence-electron chi connectivity index (χ4n) is 5.77. The van der Waals surface area contributed by atoms with Gasteiger partial charge >= 0.3 is 0 Å². The second kappa shape index (κ2) is 8.96. The Morgan fingerprint density at radius 3 is 2.86 bits per heavy atom. The molecule has 2 atom stereocenters. The van der Waals surface area contributed by atoms with E-state index in [1.807, 2.05) is 49.2 Å². The third kappa shape index (κ3) is 3.69. The molecule has 0 aliphatic carbocycles. The number of terminal acetylenes is 1. The highest BCUT2D eigenvalue weighted by molar-refractivity contribution is 5.94. The number of aromatic nitrogens is 1. The Labute approximate surface area is 212 Å². The molecule has 0 radical (unpaired) electrons. The highest BCUT2D eigenvalue weighted by Crippen LogP contribution is 2.51. The molecule has 7 heteroatoms. The molecule has 3 aromatic rings. The Hall–Kier alpha value is -3.89. The zero-order valence-corrected chi connectivity index (χ0v) is 21.0. The van der Waals surface area contributed by atoms with E-state index in [0.29, 0.717) is 25.3 Å². The maximum absolute atomic E-state index is 14.0. The number of phenolic OH excluding ortho intramolecular Hbond substituents is 1. The van der Waals surface area contributed by atoms with E-state index < -0.39 is 5.54 Å². The molecule has 1 fully saturated rings. The number of nitrogens with zero attached hydrogens (tertiary/aromatic N) is 3. The van der Waals surface area contributed by atoms with Crippen LogP contribution in [0.3, 0.4) is 0 Å². The van der Waals surface area contributed by atoms with Gasteiger partial charge in [-0.3, -0.25) is 14.6 Å². The van der Waals surface area contributed by atoms with Crippen molar-refractivity contribution in [1.29, 1.82) is 0 Å². The molecule has 36 heavy (non-hydrogen) atoms. The fraction of sp³-hybridized carbons (Fsp3) is 0.345. The lowest BCUT2D eigenvalue weighted by Crippen LogP contribution is -2.52. The number of phenols is 1. The van der Waals surface area contributed by atoms with E-state index in [0.717, 1.165) is 46.4 Å². The molecule has 1 aromatic heterocycles. The lowest BCUT2D eigenvalue weighted by atomic mass is 9.81. The van der Waals surface area contributed by atoms with Gasteiger partial charge in [-0.15, -0.1) is 6.42 Å². The summed E-state index contributed by atoms with van der Waals surface area (Å²) in [5, 5.41) is 11.4. The molecule has 0 spiro atoms. The Bertz CT molecular complexity index is 1390. The van der Waals surface area contributed by atoms with Gasteiger partial charge in [-0.1, -0.05) is 24.6 Å². The highest BCUT2D eigenvalue weighted by atomic mass is 16.5. The topological polar surface area (TPSA) is 72.0 Å². The summed E-state index contributed by atoms with van der Waals surface area (Å²) in [5.41, 5.74) is 3.16. The molecular formula is C29H32N4O3. The van der Waals surface area contributed by atoms with E-state index in [1.165, 1.54) is 0 Å².